The van der Waals surface area contributed by atoms with Gasteiger partial charge in [0.05, 0.1) is 17.7 Å². The second kappa shape index (κ2) is 7.20. The van der Waals surface area contributed by atoms with Crippen molar-refractivity contribution in [3.63, 3.8) is 0 Å². The zero-order chi connectivity index (χ0) is 17.3. The van der Waals surface area contributed by atoms with Crippen LogP contribution >= 0.6 is 0 Å². The van der Waals surface area contributed by atoms with Crippen LogP contribution in [0.25, 0.3) is 0 Å². The molecule has 5 nitrogen and oxygen atoms in total. The largest absolute Gasteiger partial charge is 0.378 e. The standard InChI is InChI=1S/C20H31N3O2/c1-3-4-16-12-21-14-22-19(16)23-10-9-20(24-2)8-7-17(11-18(20)23)25-13-15-5-6-15/h12,14-15,17-18H,3-11,13H2,1-2H3/t17-,18-,20+/m0/s1. The molecule has 4 rings (SSSR count). The van der Waals surface area contributed by atoms with Gasteiger partial charge in [0.1, 0.15) is 12.1 Å². The van der Waals surface area contributed by atoms with E-state index in [1.807, 2.05) is 13.3 Å². The summed E-state index contributed by atoms with van der Waals surface area (Å²) in [6.45, 7) is 4.18. The quantitative estimate of drug-likeness (QED) is 0.758. The first-order valence-electron chi connectivity index (χ1n) is 9.98. The molecule has 138 valence electrons. The summed E-state index contributed by atoms with van der Waals surface area (Å²) >= 11 is 0. The molecule has 1 aromatic rings. The van der Waals surface area contributed by atoms with E-state index >= 15 is 0 Å². The lowest BCUT2D eigenvalue weighted by molar-refractivity contribution is -0.0817. The fraction of sp³-hybridized carbons (Fsp3) is 0.800. The number of methoxy groups -OCH3 is 1. The van der Waals surface area contributed by atoms with E-state index in [1.54, 1.807) is 6.33 Å². The van der Waals surface area contributed by atoms with Gasteiger partial charge in [-0.15, -0.1) is 0 Å². The smallest absolute Gasteiger partial charge is 0.135 e. The maximum atomic E-state index is 6.25. The molecule has 0 bridgehead atoms. The molecule has 2 aliphatic carbocycles. The van der Waals surface area contributed by atoms with Gasteiger partial charge in [-0.1, -0.05) is 13.3 Å². The summed E-state index contributed by atoms with van der Waals surface area (Å²) in [5.74, 6) is 1.94. The average Bonchev–Trinajstić information content (AvgIpc) is 3.40. The molecule has 0 unspecified atom stereocenters. The number of hydrogen-bond donors (Lipinski definition) is 0. The molecule has 3 atom stereocenters. The molecule has 5 heteroatoms. The lowest BCUT2D eigenvalue weighted by Crippen LogP contribution is -2.52. The number of aromatic nitrogens is 2. The summed E-state index contributed by atoms with van der Waals surface area (Å²) in [4.78, 5) is 11.4. The van der Waals surface area contributed by atoms with Gasteiger partial charge >= 0.3 is 0 Å². The van der Waals surface area contributed by atoms with Crippen LogP contribution in [0, 0.1) is 5.92 Å². The Hall–Kier alpha value is -1.20. The van der Waals surface area contributed by atoms with Crippen LogP contribution < -0.4 is 4.90 Å². The van der Waals surface area contributed by atoms with Gasteiger partial charge in [0.15, 0.2) is 0 Å². The molecule has 2 heterocycles. The van der Waals surface area contributed by atoms with Crippen molar-refractivity contribution < 1.29 is 9.47 Å². The molecule has 0 amide bonds. The minimum Gasteiger partial charge on any atom is -0.378 e. The van der Waals surface area contributed by atoms with Crippen molar-refractivity contribution in [2.24, 2.45) is 5.92 Å². The maximum absolute atomic E-state index is 6.25. The normalized spacial score (nSPS) is 32.0. The van der Waals surface area contributed by atoms with Crippen molar-refractivity contribution in [3.05, 3.63) is 18.1 Å². The van der Waals surface area contributed by atoms with E-state index in [0.717, 1.165) is 63.4 Å². The topological polar surface area (TPSA) is 47.5 Å². The van der Waals surface area contributed by atoms with Gasteiger partial charge in [-0.25, -0.2) is 9.97 Å². The van der Waals surface area contributed by atoms with E-state index in [-0.39, 0.29) is 5.60 Å². The molecular formula is C20H31N3O2. The van der Waals surface area contributed by atoms with Gasteiger partial charge in [-0.3, -0.25) is 0 Å². The van der Waals surface area contributed by atoms with Crippen molar-refractivity contribution in [1.29, 1.82) is 0 Å². The van der Waals surface area contributed by atoms with Crippen molar-refractivity contribution in [1.82, 2.24) is 9.97 Å². The summed E-state index contributed by atoms with van der Waals surface area (Å²) in [7, 11) is 1.88. The summed E-state index contributed by atoms with van der Waals surface area (Å²) in [6.07, 6.45) is 13.2. The lowest BCUT2D eigenvalue weighted by atomic mass is 9.79. The number of rotatable bonds is 7. The Labute approximate surface area is 151 Å². The third kappa shape index (κ3) is 3.41. The fourth-order valence-corrected chi connectivity index (χ4v) is 4.68. The second-order valence-corrected chi connectivity index (χ2v) is 8.02. The minimum atomic E-state index is -0.0339. The molecule has 1 saturated heterocycles. The monoisotopic (exact) mass is 345 g/mol. The van der Waals surface area contributed by atoms with Crippen LogP contribution in [0.1, 0.15) is 57.4 Å². The van der Waals surface area contributed by atoms with Crippen LogP contribution in [0.4, 0.5) is 5.82 Å². The Kier molecular flexibility index (Phi) is 4.96. The van der Waals surface area contributed by atoms with Crippen LogP contribution in [0.15, 0.2) is 12.5 Å². The lowest BCUT2D eigenvalue weighted by Gasteiger charge is -2.44. The highest BCUT2D eigenvalue weighted by Crippen LogP contribution is 2.45. The number of anilines is 1. The molecule has 0 radical (unpaired) electrons. The Morgan fingerprint density at radius 3 is 2.92 bits per heavy atom. The van der Waals surface area contributed by atoms with Gasteiger partial charge in [0, 0.05) is 32.0 Å². The van der Waals surface area contributed by atoms with Crippen LogP contribution in [0.3, 0.4) is 0 Å². The molecule has 1 aromatic heterocycles. The summed E-state index contributed by atoms with van der Waals surface area (Å²) in [5, 5.41) is 0. The van der Waals surface area contributed by atoms with E-state index in [9.17, 15) is 0 Å². The predicted octanol–water partition coefficient (Wildman–Crippen LogP) is 3.37. The molecule has 0 spiro atoms. The zero-order valence-corrected chi connectivity index (χ0v) is 15.6. The third-order valence-corrected chi connectivity index (χ3v) is 6.36. The maximum Gasteiger partial charge on any atom is 0.135 e. The Bertz CT molecular complexity index is 592. The number of nitrogens with zero attached hydrogens (tertiary/aromatic N) is 3. The molecule has 0 aromatic carbocycles. The predicted molar refractivity (Wildman–Crippen MR) is 97.8 cm³/mol. The summed E-state index contributed by atoms with van der Waals surface area (Å²) < 4.78 is 12.4. The number of fused-ring (bicyclic) bond motifs is 1. The van der Waals surface area contributed by atoms with Gasteiger partial charge in [0.2, 0.25) is 0 Å². The van der Waals surface area contributed by atoms with E-state index in [1.165, 1.54) is 18.4 Å². The molecule has 3 aliphatic rings. The van der Waals surface area contributed by atoms with Crippen molar-refractivity contribution in [3.8, 4) is 0 Å². The highest BCUT2D eigenvalue weighted by molar-refractivity contribution is 5.49. The zero-order valence-electron chi connectivity index (χ0n) is 15.6. The summed E-state index contributed by atoms with van der Waals surface area (Å²) in [6, 6.07) is 0.362. The van der Waals surface area contributed by atoms with E-state index in [4.69, 9.17) is 9.47 Å². The molecule has 0 N–H and O–H groups in total. The molecule has 25 heavy (non-hydrogen) atoms. The molecular weight excluding hydrogens is 314 g/mol. The molecule has 1 aliphatic heterocycles. The van der Waals surface area contributed by atoms with Crippen LogP contribution in [-0.4, -0.2) is 48.0 Å². The van der Waals surface area contributed by atoms with Gasteiger partial charge < -0.3 is 14.4 Å². The molecule has 2 saturated carbocycles. The Morgan fingerprint density at radius 1 is 1.28 bits per heavy atom. The number of ether oxygens (including phenoxy) is 2. The highest BCUT2D eigenvalue weighted by Gasteiger charge is 2.52. The number of aryl methyl sites for hydroxylation is 1. The second-order valence-electron chi connectivity index (χ2n) is 8.02. The first-order chi connectivity index (χ1) is 12.3. The fourth-order valence-electron chi connectivity index (χ4n) is 4.68. The SMILES string of the molecule is CCCc1cncnc1N1CC[C@]2(OC)CC[C@H](OCC3CC3)C[C@H]12. The van der Waals surface area contributed by atoms with Gasteiger partial charge in [-0.05, 0) is 50.9 Å². The van der Waals surface area contributed by atoms with E-state index < -0.39 is 0 Å². The van der Waals surface area contributed by atoms with E-state index in [0.29, 0.717) is 12.1 Å². The highest BCUT2D eigenvalue weighted by atomic mass is 16.5. The first kappa shape index (κ1) is 17.2. The van der Waals surface area contributed by atoms with Crippen LogP contribution in [0.5, 0.6) is 0 Å². The van der Waals surface area contributed by atoms with Gasteiger partial charge in [-0.2, -0.15) is 0 Å². The van der Waals surface area contributed by atoms with Crippen molar-refractivity contribution in [2.45, 2.75) is 76.0 Å². The Morgan fingerprint density at radius 2 is 2.16 bits per heavy atom. The van der Waals surface area contributed by atoms with Crippen molar-refractivity contribution in [2.75, 3.05) is 25.2 Å². The van der Waals surface area contributed by atoms with E-state index in [2.05, 4.69) is 21.8 Å². The minimum absolute atomic E-state index is 0.0339. The molecule has 3 fully saturated rings. The third-order valence-electron chi connectivity index (χ3n) is 6.36. The first-order valence-corrected chi connectivity index (χ1v) is 9.98. The number of hydrogen-bond acceptors (Lipinski definition) is 5. The van der Waals surface area contributed by atoms with Gasteiger partial charge in [0.25, 0.3) is 0 Å². The Balaban J connectivity index is 1.54. The van der Waals surface area contributed by atoms with Crippen LogP contribution in [-0.2, 0) is 15.9 Å². The summed E-state index contributed by atoms with van der Waals surface area (Å²) in [5.41, 5.74) is 1.23. The van der Waals surface area contributed by atoms with Crippen molar-refractivity contribution >= 4 is 5.82 Å². The average molecular weight is 345 g/mol. The van der Waals surface area contributed by atoms with Crippen LogP contribution in [0.2, 0.25) is 0 Å².